The lowest BCUT2D eigenvalue weighted by Gasteiger charge is -2.05. The molecule has 0 saturated carbocycles. The number of halogens is 2. The second-order valence-corrected chi connectivity index (χ2v) is 4.46. The van der Waals surface area contributed by atoms with Crippen molar-refractivity contribution < 1.29 is 4.39 Å². The second kappa shape index (κ2) is 4.73. The Bertz CT molecular complexity index is 252. The molecular weight excluding hydrogens is 195 g/mol. The molecule has 12 heavy (non-hydrogen) atoms. The van der Waals surface area contributed by atoms with Crippen molar-refractivity contribution >= 4 is 23.4 Å². The summed E-state index contributed by atoms with van der Waals surface area (Å²) in [6.07, 6.45) is 0.878. The fourth-order valence-corrected chi connectivity index (χ4v) is 1.88. The highest BCUT2D eigenvalue weighted by Crippen LogP contribution is 2.27. The van der Waals surface area contributed by atoms with Gasteiger partial charge in [0.05, 0.1) is 4.71 Å². The van der Waals surface area contributed by atoms with Gasteiger partial charge in [-0.2, -0.15) is 0 Å². The molecule has 0 saturated heterocycles. The van der Waals surface area contributed by atoms with E-state index >= 15 is 0 Å². The van der Waals surface area contributed by atoms with Crippen LogP contribution in [0.1, 0.15) is 13.3 Å². The average molecular weight is 205 g/mol. The first-order valence-electron chi connectivity index (χ1n) is 3.78. The summed E-state index contributed by atoms with van der Waals surface area (Å²) in [6.45, 7) is 2.00. The number of alkyl halides is 1. The molecule has 1 atom stereocenters. The quantitative estimate of drug-likeness (QED) is 0.532. The highest BCUT2D eigenvalue weighted by atomic mass is 35.5. The zero-order valence-corrected chi connectivity index (χ0v) is 8.33. The topological polar surface area (TPSA) is 0 Å². The number of rotatable bonds is 3. The van der Waals surface area contributed by atoms with Crippen LogP contribution in [0, 0.1) is 5.82 Å². The van der Waals surface area contributed by atoms with Crippen LogP contribution in [-0.2, 0) is 0 Å². The zero-order valence-electron chi connectivity index (χ0n) is 6.76. The van der Waals surface area contributed by atoms with E-state index < -0.39 is 0 Å². The number of thioether (sulfide) groups is 1. The van der Waals surface area contributed by atoms with Crippen molar-refractivity contribution in [2.24, 2.45) is 0 Å². The van der Waals surface area contributed by atoms with E-state index in [1.54, 1.807) is 6.07 Å². The maximum absolute atomic E-state index is 12.7. The average Bonchev–Trinajstić information content (AvgIpc) is 2.04. The standard InChI is InChI=1S/C9H10ClFS/c1-2-9(10)12-8-5-3-4-7(11)6-8/h3-6,9H,2H2,1H3. The summed E-state index contributed by atoms with van der Waals surface area (Å²) >= 11 is 7.38. The molecule has 0 heterocycles. The van der Waals surface area contributed by atoms with Crippen LogP contribution in [0.15, 0.2) is 29.2 Å². The molecule has 0 aliphatic heterocycles. The van der Waals surface area contributed by atoms with Gasteiger partial charge in [-0.25, -0.2) is 4.39 Å². The Hall–Kier alpha value is -0.210. The van der Waals surface area contributed by atoms with Crippen LogP contribution in [0.3, 0.4) is 0 Å². The molecule has 0 aliphatic carbocycles. The van der Waals surface area contributed by atoms with Gasteiger partial charge >= 0.3 is 0 Å². The maximum atomic E-state index is 12.7. The molecule has 1 unspecified atom stereocenters. The summed E-state index contributed by atoms with van der Waals surface area (Å²) in [7, 11) is 0. The molecular formula is C9H10ClFS. The lowest BCUT2D eigenvalue weighted by molar-refractivity contribution is 0.624. The third kappa shape index (κ3) is 3.03. The summed E-state index contributed by atoms with van der Waals surface area (Å²) in [5.41, 5.74) is 0. The Morgan fingerprint density at radius 3 is 2.92 bits per heavy atom. The summed E-state index contributed by atoms with van der Waals surface area (Å²) in [5, 5.41) is 0. The normalized spacial score (nSPS) is 12.9. The Morgan fingerprint density at radius 1 is 1.58 bits per heavy atom. The first kappa shape index (κ1) is 9.87. The van der Waals surface area contributed by atoms with Crippen molar-refractivity contribution in [1.29, 1.82) is 0 Å². The van der Waals surface area contributed by atoms with Gasteiger partial charge in [0.2, 0.25) is 0 Å². The van der Waals surface area contributed by atoms with Gasteiger partial charge in [-0.05, 0) is 24.6 Å². The van der Waals surface area contributed by atoms with E-state index in [-0.39, 0.29) is 10.5 Å². The van der Waals surface area contributed by atoms with E-state index in [2.05, 4.69) is 0 Å². The van der Waals surface area contributed by atoms with Crippen LogP contribution in [-0.4, -0.2) is 4.71 Å². The third-order valence-electron chi connectivity index (χ3n) is 1.38. The summed E-state index contributed by atoms with van der Waals surface area (Å²) < 4.78 is 12.7. The molecule has 0 amide bonds. The van der Waals surface area contributed by atoms with Crippen LogP contribution < -0.4 is 0 Å². The van der Waals surface area contributed by atoms with Crippen molar-refractivity contribution in [2.45, 2.75) is 22.9 Å². The molecule has 0 aromatic heterocycles. The lowest BCUT2D eigenvalue weighted by Crippen LogP contribution is -1.87. The van der Waals surface area contributed by atoms with Crippen molar-refractivity contribution in [3.05, 3.63) is 30.1 Å². The van der Waals surface area contributed by atoms with Gasteiger partial charge in [0.15, 0.2) is 0 Å². The molecule has 1 aromatic carbocycles. The zero-order chi connectivity index (χ0) is 8.97. The summed E-state index contributed by atoms with van der Waals surface area (Å²) in [4.78, 5) is 0.886. The molecule has 1 rings (SSSR count). The van der Waals surface area contributed by atoms with Crippen molar-refractivity contribution in [3.8, 4) is 0 Å². The van der Waals surface area contributed by atoms with Gasteiger partial charge in [-0.3, -0.25) is 0 Å². The van der Waals surface area contributed by atoms with Crippen molar-refractivity contribution in [1.82, 2.24) is 0 Å². The maximum Gasteiger partial charge on any atom is 0.124 e. The monoisotopic (exact) mass is 204 g/mol. The predicted octanol–water partition coefficient (Wildman–Crippen LogP) is 3.89. The number of hydrogen-bond acceptors (Lipinski definition) is 1. The number of benzene rings is 1. The van der Waals surface area contributed by atoms with E-state index in [1.165, 1.54) is 23.9 Å². The first-order valence-corrected chi connectivity index (χ1v) is 5.10. The Balaban J connectivity index is 2.63. The Labute approximate surface area is 81.1 Å². The van der Waals surface area contributed by atoms with Gasteiger partial charge < -0.3 is 0 Å². The first-order chi connectivity index (χ1) is 5.72. The minimum Gasteiger partial charge on any atom is -0.207 e. The van der Waals surface area contributed by atoms with E-state index in [4.69, 9.17) is 11.6 Å². The lowest BCUT2D eigenvalue weighted by atomic mass is 10.4. The molecule has 3 heteroatoms. The fourth-order valence-electron chi connectivity index (χ4n) is 0.771. The molecule has 0 aliphatic rings. The van der Waals surface area contributed by atoms with Crippen LogP contribution in [0.5, 0.6) is 0 Å². The van der Waals surface area contributed by atoms with E-state index in [9.17, 15) is 4.39 Å². The van der Waals surface area contributed by atoms with Crippen LogP contribution in [0.2, 0.25) is 0 Å². The molecule has 0 fully saturated rings. The predicted molar refractivity (Wildman–Crippen MR) is 52.2 cm³/mol. The summed E-state index contributed by atoms with van der Waals surface area (Å²) in [5.74, 6) is -0.208. The molecule has 0 nitrogen and oxygen atoms in total. The molecule has 66 valence electrons. The minimum atomic E-state index is -0.208. The van der Waals surface area contributed by atoms with Crippen molar-refractivity contribution in [3.63, 3.8) is 0 Å². The second-order valence-electron chi connectivity index (χ2n) is 2.39. The molecule has 1 aromatic rings. The van der Waals surface area contributed by atoms with Gasteiger partial charge in [0.1, 0.15) is 5.82 Å². The van der Waals surface area contributed by atoms with E-state index in [0.717, 1.165) is 11.3 Å². The smallest absolute Gasteiger partial charge is 0.124 e. The van der Waals surface area contributed by atoms with Crippen LogP contribution in [0.4, 0.5) is 4.39 Å². The fraction of sp³-hybridized carbons (Fsp3) is 0.333. The van der Waals surface area contributed by atoms with E-state index in [0.29, 0.717) is 0 Å². The Kier molecular flexibility index (Phi) is 3.89. The molecule has 0 N–H and O–H groups in total. The molecule has 0 spiro atoms. The largest absolute Gasteiger partial charge is 0.207 e. The highest BCUT2D eigenvalue weighted by molar-refractivity contribution is 8.01. The number of hydrogen-bond donors (Lipinski definition) is 0. The summed E-state index contributed by atoms with van der Waals surface area (Å²) in [6, 6.07) is 6.48. The highest BCUT2D eigenvalue weighted by Gasteiger charge is 2.03. The SMILES string of the molecule is CCC(Cl)Sc1cccc(F)c1. The van der Waals surface area contributed by atoms with Crippen molar-refractivity contribution in [2.75, 3.05) is 0 Å². The molecule has 0 bridgehead atoms. The van der Waals surface area contributed by atoms with Crippen LogP contribution in [0.25, 0.3) is 0 Å². The van der Waals surface area contributed by atoms with E-state index in [1.807, 2.05) is 13.0 Å². The minimum absolute atomic E-state index is 0.0341. The van der Waals surface area contributed by atoms with Gasteiger partial charge in [0, 0.05) is 4.90 Å². The third-order valence-corrected chi connectivity index (χ3v) is 3.07. The molecule has 0 radical (unpaired) electrons. The van der Waals surface area contributed by atoms with Gasteiger partial charge in [-0.1, -0.05) is 13.0 Å². The van der Waals surface area contributed by atoms with Gasteiger partial charge in [0.25, 0.3) is 0 Å². The Morgan fingerprint density at radius 2 is 2.33 bits per heavy atom. The van der Waals surface area contributed by atoms with Gasteiger partial charge in [-0.15, -0.1) is 23.4 Å². The van der Waals surface area contributed by atoms with Crippen LogP contribution >= 0.6 is 23.4 Å².